The number of phenols is 1. The number of carbonyl (C=O) groups is 1. The average Bonchev–Trinajstić information content (AvgIpc) is 3.54. The third-order valence-electron chi connectivity index (χ3n) is 11.1. The summed E-state index contributed by atoms with van der Waals surface area (Å²) >= 11 is 0. The van der Waals surface area contributed by atoms with E-state index >= 15 is 0 Å². The molecule has 2 saturated heterocycles. The second kappa shape index (κ2) is 6.78. The van der Waals surface area contributed by atoms with Crippen LogP contribution in [0.25, 0.3) is 0 Å². The minimum absolute atomic E-state index is 0.0532. The van der Waals surface area contributed by atoms with Crippen LogP contribution in [0.4, 0.5) is 0 Å². The van der Waals surface area contributed by atoms with E-state index in [0.29, 0.717) is 29.2 Å². The largest absolute Gasteiger partial charge is 0.508 e. The van der Waals surface area contributed by atoms with Gasteiger partial charge in [0.25, 0.3) is 5.91 Å². The summed E-state index contributed by atoms with van der Waals surface area (Å²) < 4.78 is 0. The predicted octanol–water partition coefficient (Wildman–Crippen LogP) is 3.30. The van der Waals surface area contributed by atoms with Crippen molar-refractivity contribution < 1.29 is 9.90 Å². The molecule has 4 aliphatic carbocycles. The van der Waals surface area contributed by atoms with Crippen molar-refractivity contribution >= 4 is 5.91 Å². The highest BCUT2D eigenvalue weighted by molar-refractivity contribution is 5.94. The molecule has 2 N–H and O–H groups in total. The highest BCUT2D eigenvalue weighted by atomic mass is 16.3. The van der Waals surface area contributed by atoms with E-state index in [9.17, 15) is 14.7 Å². The van der Waals surface area contributed by atoms with Crippen LogP contribution in [-0.4, -0.2) is 57.5 Å². The Morgan fingerprint density at radius 3 is 2.83 bits per heavy atom. The number of aromatic hydroxyl groups is 1. The fraction of sp³-hybridized carbons (Fsp3) is 0.586. The normalized spacial score (nSPS) is 38.8. The summed E-state index contributed by atoms with van der Waals surface area (Å²) in [4.78, 5) is 32.9. The van der Waals surface area contributed by atoms with Crippen LogP contribution in [0, 0.1) is 23.2 Å². The van der Waals surface area contributed by atoms with Crippen LogP contribution >= 0.6 is 0 Å². The Labute approximate surface area is 205 Å². The molecule has 1 aromatic carbocycles. The number of rotatable bonds is 3. The molecule has 6 atom stereocenters. The van der Waals surface area contributed by atoms with E-state index in [1.165, 1.54) is 49.4 Å². The second-order valence-electron chi connectivity index (χ2n) is 12.4. The van der Waals surface area contributed by atoms with Gasteiger partial charge < -0.3 is 15.0 Å². The van der Waals surface area contributed by atoms with E-state index in [-0.39, 0.29) is 28.3 Å². The summed E-state index contributed by atoms with van der Waals surface area (Å²) in [6, 6.07) is 10.1. The lowest BCUT2D eigenvalue weighted by Gasteiger charge is -2.66. The number of hydrogen-bond donors (Lipinski definition) is 2. The van der Waals surface area contributed by atoms with E-state index in [2.05, 4.69) is 26.9 Å². The summed E-state index contributed by atoms with van der Waals surface area (Å²) in [6.07, 6.45) is 10.0. The zero-order chi connectivity index (χ0) is 23.5. The van der Waals surface area contributed by atoms with Gasteiger partial charge in [0.05, 0.1) is 5.56 Å². The molecule has 2 aromatic rings. The van der Waals surface area contributed by atoms with Crippen LogP contribution in [-0.2, 0) is 11.8 Å². The van der Waals surface area contributed by atoms with Crippen molar-refractivity contribution in [2.24, 2.45) is 23.2 Å². The Morgan fingerprint density at radius 2 is 2.03 bits per heavy atom. The Hall–Kier alpha value is -2.60. The van der Waals surface area contributed by atoms with Gasteiger partial charge in [0.2, 0.25) is 5.56 Å². The molecule has 6 aliphatic rings. The molecule has 0 radical (unpaired) electrons. The van der Waals surface area contributed by atoms with Gasteiger partial charge in [-0.3, -0.25) is 14.5 Å². The summed E-state index contributed by atoms with van der Waals surface area (Å²) in [7, 11) is 0. The van der Waals surface area contributed by atoms with Crippen LogP contribution in [0.3, 0.4) is 0 Å². The molecule has 2 aliphatic heterocycles. The molecular weight excluding hydrogens is 438 g/mol. The number of amides is 1. The molecule has 35 heavy (non-hydrogen) atoms. The van der Waals surface area contributed by atoms with Gasteiger partial charge in [-0.05, 0) is 104 Å². The summed E-state index contributed by atoms with van der Waals surface area (Å²) in [5, 5.41) is 10.6. The van der Waals surface area contributed by atoms with E-state index in [1.54, 1.807) is 12.3 Å². The van der Waals surface area contributed by atoms with Gasteiger partial charge in [-0.2, -0.15) is 0 Å². The third kappa shape index (κ3) is 2.54. The van der Waals surface area contributed by atoms with Crippen molar-refractivity contribution in [3.63, 3.8) is 0 Å². The zero-order valence-electron chi connectivity index (χ0n) is 20.1. The maximum Gasteiger partial charge on any atom is 0.255 e. The third-order valence-corrected chi connectivity index (χ3v) is 11.1. The number of likely N-dealkylation sites (tertiary alicyclic amines) is 2. The monoisotopic (exact) mass is 471 g/mol. The average molecular weight is 472 g/mol. The quantitative estimate of drug-likeness (QED) is 0.720. The number of carbonyl (C=O) groups excluding carboxylic acids is 1. The number of phenolic OH excluding ortho intramolecular Hbond substituents is 1. The number of piperidine rings is 1. The van der Waals surface area contributed by atoms with E-state index < -0.39 is 0 Å². The Kier molecular flexibility index (Phi) is 3.99. The standard InChI is InChI=1S/C29H33N3O3/c33-21-5-3-18-11-24-28-8-7-23-26(29(28,22(18)12-21)9-10-31(24)15-17-1-2-17)20(13-28)16-32(23)27(35)19-4-6-25(34)30-14-19/h3-6,12,14,17,20,23-24,26,33H,1-2,7-11,13,15-16H2,(H,30,34). The molecular formula is C29H33N3O3. The first kappa shape index (κ1) is 20.6. The maximum atomic E-state index is 13.6. The van der Waals surface area contributed by atoms with Crippen molar-refractivity contribution in [3.05, 3.63) is 63.6 Å². The Bertz CT molecular complexity index is 1280. The number of aromatic nitrogens is 1. The number of nitrogens with one attached hydrogen (secondary N) is 1. The topological polar surface area (TPSA) is 76.6 Å². The lowest BCUT2D eigenvalue weighted by molar-refractivity contribution is -0.102. The van der Waals surface area contributed by atoms with Gasteiger partial charge in [-0.15, -0.1) is 0 Å². The van der Waals surface area contributed by atoms with Gasteiger partial charge in [0.15, 0.2) is 0 Å². The first-order chi connectivity index (χ1) is 17.0. The number of H-pyrrole nitrogens is 1. The number of nitrogens with zero attached hydrogens (tertiary/aromatic N) is 2. The molecule has 8 rings (SSSR count). The Balaban J connectivity index is 1.24. The minimum Gasteiger partial charge on any atom is -0.508 e. The molecule has 1 amide bonds. The number of pyridine rings is 1. The molecule has 6 nitrogen and oxygen atoms in total. The smallest absolute Gasteiger partial charge is 0.255 e. The van der Waals surface area contributed by atoms with Crippen LogP contribution in [0.15, 0.2) is 41.3 Å². The minimum atomic E-state index is -0.177. The number of benzene rings is 1. The van der Waals surface area contributed by atoms with Crippen molar-refractivity contribution in [1.82, 2.24) is 14.8 Å². The molecule has 6 unspecified atom stereocenters. The molecule has 6 heteroatoms. The van der Waals surface area contributed by atoms with Crippen molar-refractivity contribution in [2.45, 2.75) is 62.4 Å². The molecule has 0 spiro atoms. The fourth-order valence-electron chi connectivity index (χ4n) is 9.89. The van der Waals surface area contributed by atoms with Crippen LogP contribution in [0.2, 0.25) is 0 Å². The van der Waals surface area contributed by atoms with Crippen LogP contribution in [0.5, 0.6) is 5.75 Å². The predicted molar refractivity (Wildman–Crippen MR) is 131 cm³/mol. The van der Waals surface area contributed by atoms with Crippen molar-refractivity contribution in [1.29, 1.82) is 0 Å². The Morgan fingerprint density at radius 1 is 1.14 bits per heavy atom. The first-order valence-electron chi connectivity index (χ1n) is 13.6. The lowest BCUT2D eigenvalue weighted by Crippen LogP contribution is -2.69. The van der Waals surface area contributed by atoms with Gasteiger partial charge in [0.1, 0.15) is 5.75 Å². The highest BCUT2D eigenvalue weighted by Crippen LogP contribution is 2.75. The maximum absolute atomic E-state index is 13.6. The fourth-order valence-corrected chi connectivity index (χ4v) is 9.89. The zero-order valence-corrected chi connectivity index (χ0v) is 20.1. The van der Waals surface area contributed by atoms with Gasteiger partial charge in [-0.25, -0.2) is 0 Å². The molecule has 182 valence electrons. The van der Waals surface area contributed by atoms with Crippen molar-refractivity contribution in [2.75, 3.05) is 19.6 Å². The van der Waals surface area contributed by atoms with Crippen LogP contribution < -0.4 is 5.56 Å². The summed E-state index contributed by atoms with van der Waals surface area (Å²) in [5.41, 5.74) is 3.55. The number of aromatic amines is 1. The molecule has 3 saturated carbocycles. The molecule has 4 bridgehead atoms. The summed E-state index contributed by atoms with van der Waals surface area (Å²) in [5.74, 6) is 2.29. The number of fused-ring (bicyclic) bond motifs is 1. The summed E-state index contributed by atoms with van der Waals surface area (Å²) in [6.45, 7) is 3.22. The molecule has 3 heterocycles. The first-order valence-corrected chi connectivity index (χ1v) is 13.6. The molecule has 5 fully saturated rings. The van der Waals surface area contributed by atoms with E-state index in [4.69, 9.17) is 0 Å². The molecule has 1 aromatic heterocycles. The van der Waals surface area contributed by atoms with Crippen LogP contribution in [0.1, 0.15) is 60.0 Å². The van der Waals surface area contributed by atoms with Gasteiger partial charge >= 0.3 is 0 Å². The van der Waals surface area contributed by atoms with E-state index in [0.717, 1.165) is 38.3 Å². The van der Waals surface area contributed by atoms with Gasteiger partial charge in [0, 0.05) is 42.9 Å². The SMILES string of the molecule is O=C(c1ccc(=O)[nH]c1)N1CC2CC34CCC1C2C31CCN(CC2CC2)C4Cc2ccc(O)cc21. The second-order valence-corrected chi connectivity index (χ2v) is 12.4. The van der Waals surface area contributed by atoms with E-state index in [1.807, 2.05) is 6.07 Å². The lowest BCUT2D eigenvalue weighted by atomic mass is 9.43. The number of hydrogen-bond acceptors (Lipinski definition) is 4. The highest BCUT2D eigenvalue weighted by Gasteiger charge is 2.76. The van der Waals surface area contributed by atoms with Crippen molar-refractivity contribution in [3.8, 4) is 5.75 Å². The van der Waals surface area contributed by atoms with Gasteiger partial charge in [-0.1, -0.05) is 6.07 Å².